The standard InChI is InChI=1S/C22H25N3O4/c1-3-24(12-16-8-9-19-20(11-16)29-14-28-19)13-22(27)25-15(2)10-21(26)23-17-6-4-5-7-18(17)25/h4-9,11,15H,3,10,12-14H2,1-2H3,(H,23,26)/t15-/m0/s1. The van der Waals surface area contributed by atoms with Crippen LogP contribution in [0.3, 0.4) is 0 Å². The van der Waals surface area contributed by atoms with Crippen molar-refractivity contribution in [2.45, 2.75) is 32.9 Å². The number of para-hydroxylation sites is 2. The third-order valence-corrected chi connectivity index (χ3v) is 5.28. The van der Waals surface area contributed by atoms with Crippen LogP contribution in [0.15, 0.2) is 42.5 Å². The molecule has 0 aliphatic carbocycles. The van der Waals surface area contributed by atoms with Gasteiger partial charge in [0.05, 0.1) is 17.9 Å². The molecule has 0 saturated heterocycles. The number of nitrogens with one attached hydrogen (secondary N) is 1. The monoisotopic (exact) mass is 395 g/mol. The number of carbonyl (C=O) groups is 2. The first kappa shape index (κ1) is 19.3. The highest BCUT2D eigenvalue weighted by Gasteiger charge is 2.30. The fourth-order valence-corrected chi connectivity index (χ4v) is 3.81. The van der Waals surface area contributed by atoms with E-state index in [1.54, 1.807) is 4.90 Å². The molecule has 29 heavy (non-hydrogen) atoms. The molecule has 0 spiro atoms. The molecule has 2 aromatic carbocycles. The highest BCUT2D eigenvalue weighted by Crippen LogP contribution is 2.33. The molecule has 2 aliphatic rings. The summed E-state index contributed by atoms with van der Waals surface area (Å²) in [5, 5.41) is 2.90. The van der Waals surface area contributed by atoms with Gasteiger partial charge in [-0.05, 0) is 43.3 Å². The largest absolute Gasteiger partial charge is 0.454 e. The lowest BCUT2D eigenvalue weighted by Gasteiger charge is -2.30. The third kappa shape index (κ3) is 4.05. The van der Waals surface area contributed by atoms with Gasteiger partial charge in [0.25, 0.3) is 0 Å². The van der Waals surface area contributed by atoms with Crippen LogP contribution >= 0.6 is 0 Å². The van der Waals surface area contributed by atoms with Crippen LogP contribution in [0.5, 0.6) is 11.5 Å². The molecule has 0 saturated carbocycles. The molecule has 4 rings (SSSR count). The Morgan fingerprint density at radius 3 is 2.83 bits per heavy atom. The molecule has 7 nitrogen and oxygen atoms in total. The Kier molecular flexibility index (Phi) is 5.40. The minimum Gasteiger partial charge on any atom is -0.454 e. The summed E-state index contributed by atoms with van der Waals surface area (Å²) in [6, 6.07) is 13.1. The minimum absolute atomic E-state index is 0.0240. The Balaban J connectivity index is 1.51. The lowest BCUT2D eigenvalue weighted by Crippen LogP contribution is -2.45. The number of amides is 2. The van der Waals surface area contributed by atoms with Gasteiger partial charge in [0.15, 0.2) is 11.5 Å². The second-order valence-corrected chi connectivity index (χ2v) is 7.37. The zero-order valence-corrected chi connectivity index (χ0v) is 16.7. The van der Waals surface area contributed by atoms with Gasteiger partial charge < -0.3 is 19.7 Å². The molecule has 0 aromatic heterocycles. The van der Waals surface area contributed by atoms with E-state index in [2.05, 4.69) is 10.2 Å². The van der Waals surface area contributed by atoms with Gasteiger partial charge in [-0.1, -0.05) is 25.1 Å². The first-order valence-electron chi connectivity index (χ1n) is 9.87. The van der Waals surface area contributed by atoms with E-state index in [1.807, 2.05) is 56.3 Å². The van der Waals surface area contributed by atoms with Crippen molar-refractivity contribution in [3.63, 3.8) is 0 Å². The fourth-order valence-electron chi connectivity index (χ4n) is 3.81. The molecule has 152 valence electrons. The summed E-state index contributed by atoms with van der Waals surface area (Å²) in [7, 11) is 0. The van der Waals surface area contributed by atoms with Crippen LogP contribution in [-0.2, 0) is 16.1 Å². The molecule has 1 atom stereocenters. The summed E-state index contributed by atoms with van der Waals surface area (Å²) < 4.78 is 10.8. The summed E-state index contributed by atoms with van der Waals surface area (Å²) in [6.07, 6.45) is 0.273. The Bertz CT molecular complexity index is 930. The van der Waals surface area contributed by atoms with Crippen LogP contribution in [-0.4, -0.2) is 42.6 Å². The highest BCUT2D eigenvalue weighted by molar-refractivity contribution is 6.04. The Hall–Kier alpha value is -3.06. The fraction of sp³-hybridized carbons (Fsp3) is 0.364. The molecule has 7 heteroatoms. The van der Waals surface area contributed by atoms with Crippen molar-refractivity contribution < 1.29 is 19.1 Å². The zero-order valence-electron chi connectivity index (χ0n) is 16.7. The maximum absolute atomic E-state index is 13.3. The highest BCUT2D eigenvalue weighted by atomic mass is 16.7. The molecule has 0 fully saturated rings. The van der Waals surface area contributed by atoms with E-state index in [0.29, 0.717) is 12.2 Å². The molecule has 2 aliphatic heterocycles. The number of likely N-dealkylation sites (N-methyl/N-ethyl adjacent to an activating group) is 1. The van der Waals surface area contributed by atoms with Gasteiger partial charge in [-0.2, -0.15) is 0 Å². The van der Waals surface area contributed by atoms with Crippen molar-refractivity contribution in [2.24, 2.45) is 0 Å². The van der Waals surface area contributed by atoms with Crippen LogP contribution in [0.4, 0.5) is 11.4 Å². The number of ether oxygens (including phenoxy) is 2. The quantitative estimate of drug-likeness (QED) is 0.843. The van der Waals surface area contributed by atoms with Crippen LogP contribution < -0.4 is 19.7 Å². The van der Waals surface area contributed by atoms with Crippen LogP contribution in [0.1, 0.15) is 25.8 Å². The molecule has 1 N–H and O–H groups in total. The van der Waals surface area contributed by atoms with Gasteiger partial charge >= 0.3 is 0 Å². The third-order valence-electron chi connectivity index (χ3n) is 5.28. The van der Waals surface area contributed by atoms with Gasteiger partial charge in [0.1, 0.15) is 0 Å². The van der Waals surface area contributed by atoms with E-state index >= 15 is 0 Å². The molecule has 2 amide bonds. The van der Waals surface area contributed by atoms with E-state index in [-0.39, 0.29) is 37.6 Å². The van der Waals surface area contributed by atoms with Crippen LogP contribution in [0.25, 0.3) is 0 Å². The van der Waals surface area contributed by atoms with Crippen molar-refractivity contribution in [1.29, 1.82) is 0 Å². The molecule has 2 aromatic rings. The van der Waals surface area contributed by atoms with E-state index < -0.39 is 0 Å². The summed E-state index contributed by atoms with van der Waals surface area (Å²) >= 11 is 0. The lowest BCUT2D eigenvalue weighted by molar-refractivity contribution is -0.120. The van der Waals surface area contributed by atoms with Crippen molar-refractivity contribution in [2.75, 3.05) is 30.1 Å². The first-order chi connectivity index (χ1) is 14.0. The number of fused-ring (bicyclic) bond motifs is 2. The summed E-state index contributed by atoms with van der Waals surface area (Å²) in [6.45, 7) is 5.80. The van der Waals surface area contributed by atoms with E-state index in [1.165, 1.54) is 0 Å². The zero-order chi connectivity index (χ0) is 20.4. The van der Waals surface area contributed by atoms with Gasteiger partial charge in [0, 0.05) is 19.0 Å². The molecule has 0 bridgehead atoms. The predicted molar refractivity (Wildman–Crippen MR) is 110 cm³/mol. The lowest BCUT2D eigenvalue weighted by atomic mass is 10.1. The van der Waals surface area contributed by atoms with Crippen molar-refractivity contribution in [1.82, 2.24) is 4.90 Å². The SMILES string of the molecule is CCN(CC(=O)N1c2ccccc2NC(=O)C[C@@H]1C)Cc1ccc2c(c1)OCO2. The maximum Gasteiger partial charge on any atom is 0.241 e. The van der Waals surface area contributed by atoms with Crippen molar-refractivity contribution in [3.8, 4) is 11.5 Å². The number of benzene rings is 2. The number of hydrogen-bond donors (Lipinski definition) is 1. The topological polar surface area (TPSA) is 71.1 Å². The van der Waals surface area contributed by atoms with Gasteiger partial charge in [-0.3, -0.25) is 14.5 Å². The molecule has 2 heterocycles. The number of anilines is 2. The maximum atomic E-state index is 13.3. The second-order valence-electron chi connectivity index (χ2n) is 7.37. The second kappa shape index (κ2) is 8.13. The van der Waals surface area contributed by atoms with E-state index in [9.17, 15) is 9.59 Å². The molecule has 0 radical (unpaired) electrons. The number of carbonyl (C=O) groups excluding carboxylic acids is 2. The number of nitrogens with zero attached hydrogens (tertiary/aromatic N) is 2. The summed E-state index contributed by atoms with van der Waals surface area (Å²) in [4.78, 5) is 29.3. The number of rotatable bonds is 5. The average molecular weight is 395 g/mol. The minimum atomic E-state index is -0.213. The van der Waals surface area contributed by atoms with Crippen molar-refractivity contribution in [3.05, 3.63) is 48.0 Å². The van der Waals surface area contributed by atoms with Gasteiger partial charge in [-0.15, -0.1) is 0 Å². The Morgan fingerprint density at radius 2 is 2.00 bits per heavy atom. The average Bonchev–Trinajstić information content (AvgIpc) is 3.11. The Labute approximate surface area is 170 Å². The van der Waals surface area contributed by atoms with Gasteiger partial charge in [-0.25, -0.2) is 0 Å². The summed E-state index contributed by atoms with van der Waals surface area (Å²) in [5.74, 6) is 1.39. The number of hydrogen-bond acceptors (Lipinski definition) is 5. The van der Waals surface area contributed by atoms with Crippen LogP contribution in [0.2, 0.25) is 0 Å². The molecular weight excluding hydrogens is 370 g/mol. The smallest absolute Gasteiger partial charge is 0.241 e. The molecule has 0 unspecified atom stereocenters. The normalized spacial score (nSPS) is 17.7. The van der Waals surface area contributed by atoms with Gasteiger partial charge in [0.2, 0.25) is 18.6 Å². The predicted octanol–water partition coefficient (Wildman–Crippen LogP) is 3.00. The summed E-state index contributed by atoms with van der Waals surface area (Å²) in [5.41, 5.74) is 2.48. The van der Waals surface area contributed by atoms with E-state index in [0.717, 1.165) is 29.3 Å². The van der Waals surface area contributed by atoms with Crippen LogP contribution in [0, 0.1) is 0 Å². The van der Waals surface area contributed by atoms with E-state index in [4.69, 9.17) is 9.47 Å². The first-order valence-corrected chi connectivity index (χ1v) is 9.87. The Morgan fingerprint density at radius 1 is 1.21 bits per heavy atom. The molecular formula is C22H25N3O4. The van der Waals surface area contributed by atoms with Crippen molar-refractivity contribution >= 4 is 23.2 Å².